The third-order valence-electron chi connectivity index (χ3n) is 6.29. The molecular formula is C30H27N3O5S. The molecule has 0 spiro atoms. The van der Waals surface area contributed by atoms with E-state index in [0.717, 1.165) is 5.56 Å². The summed E-state index contributed by atoms with van der Waals surface area (Å²) in [4.78, 5) is 32.7. The highest BCUT2D eigenvalue weighted by molar-refractivity contribution is 7.07. The number of methoxy groups -OCH3 is 1. The Bertz CT molecular complexity index is 1760. The normalized spacial score (nSPS) is 14.9. The van der Waals surface area contributed by atoms with E-state index in [1.165, 1.54) is 17.4 Å². The number of anilines is 1. The van der Waals surface area contributed by atoms with Crippen LogP contribution < -0.4 is 29.7 Å². The lowest BCUT2D eigenvalue weighted by atomic mass is 9.95. The van der Waals surface area contributed by atoms with Crippen LogP contribution in [0.3, 0.4) is 0 Å². The first-order valence-electron chi connectivity index (χ1n) is 12.4. The molecule has 1 aliphatic rings. The summed E-state index contributed by atoms with van der Waals surface area (Å²) in [6.07, 6.45) is 1.73. The lowest BCUT2D eigenvalue weighted by molar-refractivity contribution is -0.113. The summed E-state index contributed by atoms with van der Waals surface area (Å²) in [7, 11) is 1.57. The number of nitrogens with zero attached hydrogens (tertiary/aromatic N) is 2. The highest BCUT2D eigenvalue weighted by Crippen LogP contribution is 2.32. The number of aromatic nitrogens is 1. The summed E-state index contributed by atoms with van der Waals surface area (Å²) in [6.45, 7) is 4.00. The number of allylic oxidation sites excluding steroid dienone is 1. The van der Waals surface area contributed by atoms with Crippen molar-refractivity contribution in [3.8, 4) is 17.2 Å². The van der Waals surface area contributed by atoms with Gasteiger partial charge in [0, 0.05) is 5.69 Å². The van der Waals surface area contributed by atoms with Gasteiger partial charge in [-0.2, -0.15) is 0 Å². The molecule has 0 saturated heterocycles. The molecule has 39 heavy (non-hydrogen) atoms. The zero-order chi connectivity index (χ0) is 27.5. The zero-order valence-corrected chi connectivity index (χ0v) is 22.5. The quantitative estimate of drug-likeness (QED) is 0.369. The van der Waals surface area contributed by atoms with Crippen molar-refractivity contribution in [1.29, 1.82) is 0 Å². The van der Waals surface area contributed by atoms with Crippen LogP contribution in [0, 0.1) is 0 Å². The predicted octanol–water partition coefficient (Wildman–Crippen LogP) is 3.99. The largest absolute Gasteiger partial charge is 0.504 e. The van der Waals surface area contributed by atoms with E-state index in [4.69, 9.17) is 9.47 Å². The van der Waals surface area contributed by atoms with Crippen LogP contribution in [-0.4, -0.2) is 29.3 Å². The van der Waals surface area contributed by atoms with E-state index in [1.54, 1.807) is 48.9 Å². The molecule has 0 saturated carbocycles. The molecule has 1 amide bonds. The van der Waals surface area contributed by atoms with Crippen LogP contribution in [0.25, 0.3) is 6.08 Å². The molecule has 0 fully saturated rings. The molecule has 3 aromatic carbocycles. The van der Waals surface area contributed by atoms with Gasteiger partial charge in [-0.3, -0.25) is 14.2 Å². The molecule has 2 heterocycles. The number of carbonyl (C=O) groups excluding carboxylic acids is 1. The maximum atomic E-state index is 13.9. The molecule has 0 radical (unpaired) electrons. The summed E-state index contributed by atoms with van der Waals surface area (Å²) in [6, 6.07) is 20.7. The van der Waals surface area contributed by atoms with Crippen molar-refractivity contribution in [3.63, 3.8) is 0 Å². The van der Waals surface area contributed by atoms with Gasteiger partial charge in [0.2, 0.25) is 0 Å². The summed E-state index contributed by atoms with van der Waals surface area (Å²) < 4.78 is 12.9. The summed E-state index contributed by atoms with van der Waals surface area (Å²) in [5.74, 6) is 0.631. The number of hydrogen-bond acceptors (Lipinski definition) is 7. The average molecular weight is 542 g/mol. The van der Waals surface area contributed by atoms with Crippen LogP contribution in [0.15, 0.2) is 93.9 Å². The molecule has 5 rings (SSSR count). The first-order valence-corrected chi connectivity index (χ1v) is 13.2. The van der Waals surface area contributed by atoms with Gasteiger partial charge in [0.25, 0.3) is 11.5 Å². The number of aromatic hydroxyl groups is 1. The Kier molecular flexibility index (Phi) is 7.33. The van der Waals surface area contributed by atoms with Crippen LogP contribution in [0.2, 0.25) is 0 Å². The number of phenolic OH excluding ortho intramolecular Hbond substituents is 1. The number of hydrogen-bond donors (Lipinski definition) is 2. The fourth-order valence-corrected chi connectivity index (χ4v) is 5.55. The van der Waals surface area contributed by atoms with E-state index >= 15 is 0 Å². The molecule has 1 aliphatic heterocycles. The Hall–Kier alpha value is -4.63. The molecule has 2 N–H and O–H groups in total. The zero-order valence-electron chi connectivity index (χ0n) is 21.7. The van der Waals surface area contributed by atoms with Crippen molar-refractivity contribution in [2.45, 2.75) is 19.9 Å². The number of ether oxygens (including phenoxy) is 2. The minimum atomic E-state index is -0.721. The van der Waals surface area contributed by atoms with Gasteiger partial charge in [0.1, 0.15) is 5.75 Å². The van der Waals surface area contributed by atoms with Gasteiger partial charge in [0.05, 0.1) is 35.6 Å². The van der Waals surface area contributed by atoms with Crippen molar-refractivity contribution >= 4 is 29.0 Å². The molecule has 1 atom stereocenters. The van der Waals surface area contributed by atoms with Gasteiger partial charge in [0.15, 0.2) is 16.3 Å². The highest BCUT2D eigenvalue weighted by atomic mass is 32.1. The predicted molar refractivity (Wildman–Crippen MR) is 151 cm³/mol. The molecular weight excluding hydrogens is 514 g/mol. The molecule has 8 nitrogen and oxygen atoms in total. The molecule has 0 aliphatic carbocycles. The Morgan fingerprint density at radius 1 is 1.13 bits per heavy atom. The number of fused-ring (bicyclic) bond motifs is 1. The maximum absolute atomic E-state index is 13.9. The van der Waals surface area contributed by atoms with Gasteiger partial charge in [-0.05, 0) is 67.4 Å². The summed E-state index contributed by atoms with van der Waals surface area (Å²) in [5.41, 5.74) is 2.66. The Morgan fingerprint density at radius 2 is 1.92 bits per heavy atom. The van der Waals surface area contributed by atoms with E-state index in [2.05, 4.69) is 10.3 Å². The van der Waals surface area contributed by atoms with Gasteiger partial charge in [-0.25, -0.2) is 4.99 Å². The molecule has 9 heteroatoms. The van der Waals surface area contributed by atoms with E-state index in [0.29, 0.717) is 50.0 Å². The summed E-state index contributed by atoms with van der Waals surface area (Å²) >= 11 is 1.24. The van der Waals surface area contributed by atoms with Crippen LogP contribution >= 0.6 is 11.3 Å². The maximum Gasteiger partial charge on any atom is 0.271 e. The van der Waals surface area contributed by atoms with Gasteiger partial charge in [-0.15, -0.1) is 0 Å². The lowest BCUT2D eigenvalue weighted by Crippen LogP contribution is -2.40. The van der Waals surface area contributed by atoms with Crippen molar-refractivity contribution in [3.05, 3.63) is 115 Å². The highest BCUT2D eigenvalue weighted by Gasteiger charge is 2.32. The van der Waals surface area contributed by atoms with Crippen molar-refractivity contribution < 1.29 is 19.4 Å². The molecule has 0 bridgehead atoms. The number of amides is 1. The molecule has 0 unspecified atom stereocenters. The van der Waals surface area contributed by atoms with Gasteiger partial charge < -0.3 is 19.9 Å². The molecule has 1 aromatic heterocycles. The lowest BCUT2D eigenvalue weighted by Gasteiger charge is -2.25. The van der Waals surface area contributed by atoms with Gasteiger partial charge in [-0.1, -0.05) is 47.7 Å². The number of carbonyl (C=O) groups is 1. The van der Waals surface area contributed by atoms with Crippen LogP contribution in [-0.2, 0) is 4.79 Å². The van der Waals surface area contributed by atoms with E-state index in [9.17, 15) is 14.7 Å². The first kappa shape index (κ1) is 26.0. The van der Waals surface area contributed by atoms with Crippen LogP contribution in [0.5, 0.6) is 17.2 Å². The Labute approximate surface area is 228 Å². The fraction of sp³-hybridized carbons (Fsp3) is 0.167. The second-order valence-electron chi connectivity index (χ2n) is 8.84. The topological polar surface area (TPSA) is 102 Å². The molecule has 4 aromatic rings. The van der Waals surface area contributed by atoms with E-state index < -0.39 is 6.04 Å². The third kappa shape index (κ3) is 5.21. The fourth-order valence-electron chi connectivity index (χ4n) is 4.50. The standard InChI is InChI=1S/C30H27N3O5S/c1-4-38-24-15-19(13-14-23(24)34)16-25-29(36)33-27(20-9-8-12-22(17-20)37-3)26(18(2)31-30(33)39-25)28(35)32-21-10-6-5-7-11-21/h5-17,27,34H,4H2,1-3H3,(H,32,35)/b25-16-/t27-/m0/s1. The second-order valence-corrected chi connectivity index (χ2v) is 9.85. The first-order chi connectivity index (χ1) is 18.9. The number of nitrogens with one attached hydrogen (secondary N) is 1. The monoisotopic (exact) mass is 541 g/mol. The van der Waals surface area contributed by atoms with E-state index in [-0.39, 0.29) is 17.2 Å². The Morgan fingerprint density at radius 3 is 2.67 bits per heavy atom. The number of phenols is 1. The average Bonchev–Trinajstić information content (AvgIpc) is 3.24. The number of para-hydroxylation sites is 1. The Balaban J connectivity index is 1.67. The third-order valence-corrected chi connectivity index (χ3v) is 7.27. The van der Waals surface area contributed by atoms with Crippen LogP contribution in [0.1, 0.15) is 31.0 Å². The van der Waals surface area contributed by atoms with Crippen molar-refractivity contribution in [1.82, 2.24) is 4.57 Å². The number of rotatable bonds is 7. The van der Waals surface area contributed by atoms with Crippen molar-refractivity contribution in [2.75, 3.05) is 19.0 Å². The smallest absolute Gasteiger partial charge is 0.271 e. The van der Waals surface area contributed by atoms with Crippen LogP contribution in [0.4, 0.5) is 5.69 Å². The van der Waals surface area contributed by atoms with Crippen molar-refractivity contribution in [2.24, 2.45) is 4.99 Å². The molecule has 198 valence electrons. The summed E-state index contributed by atoms with van der Waals surface area (Å²) in [5, 5.41) is 13.0. The number of benzene rings is 3. The van der Waals surface area contributed by atoms with E-state index in [1.807, 2.05) is 49.4 Å². The minimum absolute atomic E-state index is 0.0261. The SMILES string of the molecule is CCOc1cc(/C=c2\sc3n(c2=O)[C@@H](c2cccc(OC)c2)C(C(=O)Nc2ccccc2)=C(C)N=3)ccc1O. The minimum Gasteiger partial charge on any atom is -0.504 e. The number of thiazole rings is 1. The second kappa shape index (κ2) is 11.0. The van der Waals surface area contributed by atoms with Gasteiger partial charge >= 0.3 is 0 Å².